The summed E-state index contributed by atoms with van der Waals surface area (Å²) in [5.74, 6) is 0.772. The van der Waals surface area contributed by atoms with Crippen molar-refractivity contribution in [3.63, 3.8) is 0 Å². The van der Waals surface area contributed by atoms with Crippen molar-refractivity contribution in [2.45, 2.75) is 13.0 Å². The van der Waals surface area contributed by atoms with Crippen LogP contribution in [0.5, 0.6) is 5.75 Å². The number of aromatic nitrogens is 1. The molecule has 2 N–H and O–H groups in total. The Morgan fingerprint density at radius 3 is 2.78 bits per heavy atom. The molecule has 0 fully saturated rings. The lowest BCUT2D eigenvalue weighted by Crippen LogP contribution is -2.15. The second-order valence-electron chi connectivity index (χ2n) is 3.82. The number of nitrogens with zero attached hydrogens (tertiary/aromatic N) is 1. The fourth-order valence-corrected chi connectivity index (χ4v) is 2.04. The zero-order valence-electron chi connectivity index (χ0n) is 10.1. The maximum absolute atomic E-state index is 6.22. The third kappa shape index (κ3) is 2.63. The van der Waals surface area contributed by atoms with Gasteiger partial charge in [-0.15, -0.1) is 0 Å². The van der Waals surface area contributed by atoms with E-state index in [1.54, 1.807) is 18.3 Å². The molecule has 94 valence electrons. The van der Waals surface area contributed by atoms with Gasteiger partial charge in [-0.2, -0.15) is 0 Å². The third-order valence-corrected chi connectivity index (χ3v) is 2.96. The Morgan fingerprint density at radius 1 is 1.28 bits per heavy atom. The van der Waals surface area contributed by atoms with Crippen LogP contribution in [0.1, 0.15) is 24.2 Å². The fourth-order valence-electron chi connectivity index (χ4n) is 1.80. The predicted molar refractivity (Wildman–Crippen MR) is 72.9 cm³/mol. The van der Waals surface area contributed by atoms with Gasteiger partial charge in [-0.25, -0.2) is 0 Å². The van der Waals surface area contributed by atoms with E-state index in [1.165, 1.54) is 0 Å². The highest BCUT2D eigenvalue weighted by Gasteiger charge is 2.17. The monoisotopic (exact) mass is 262 g/mol. The standard InChI is InChI=1S/C14H15ClN2O/c1-2-18-12-8-4-3-6-10(12)13(16)14-11(15)7-5-9-17-14/h3-9,13H,2,16H2,1H3. The summed E-state index contributed by atoms with van der Waals surface area (Å²) < 4.78 is 5.57. The molecule has 1 aromatic carbocycles. The van der Waals surface area contributed by atoms with E-state index < -0.39 is 0 Å². The highest BCUT2D eigenvalue weighted by molar-refractivity contribution is 6.31. The van der Waals surface area contributed by atoms with Crippen LogP contribution in [0.3, 0.4) is 0 Å². The van der Waals surface area contributed by atoms with Gasteiger partial charge in [0.15, 0.2) is 0 Å². The second-order valence-corrected chi connectivity index (χ2v) is 4.23. The van der Waals surface area contributed by atoms with Crippen molar-refractivity contribution in [2.75, 3.05) is 6.61 Å². The van der Waals surface area contributed by atoms with Gasteiger partial charge in [-0.05, 0) is 25.1 Å². The number of halogens is 1. The van der Waals surface area contributed by atoms with Gasteiger partial charge in [-0.3, -0.25) is 4.98 Å². The van der Waals surface area contributed by atoms with E-state index in [9.17, 15) is 0 Å². The van der Waals surface area contributed by atoms with Crippen LogP contribution in [0, 0.1) is 0 Å². The first-order valence-electron chi connectivity index (χ1n) is 5.81. The lowest BCUT2D eigenvalue weighted by molar-refractivity contribution is 0.335. The summed E-state index contributed by atoms with van der Waals surface area (Å²) in [6.45, 7) is 2.54. The molecule has 0 aliphatic heterocycles. The summed E-state index contributed by atoms with van der Waals surface area (Å²) in [6.07, 6.45) is 1.68. The largest absolute Gasteiger partial charge is 0.494 e. The van der Waals surface area contributed by atoms with Crippen LogP contribution in [0.4, 0.5) is 0 Å². The Morgan fingerprint density at radius 2 is 2.06 bits per heavy atom. The molecule has 2 rings (SSSR count). The van der Waals surface area contributed by atoms with Gasteiger partial charge in [0.2, 0.25) is 0 Å². The highest BCUT2D eigenvalue weighted by atomic mass is 35.5. The van der Waals surface area contributed by atoms with E-state index in [4.69, 9.17) is 22.1 Å². The lowest BCUT2D eigenvalue weighted by atomic mass is 10.0. The van der Waals surface area contributed by atoms with Crippen LogP contribution < -0.4 is 10.5 Å². The van der Waals surface area contributed by atoms with Crippen molar-refractivity contribution in [2.24, 2.45) is 5.73 Å². The smallest absolute Gasteiger partial charge is 0.124 e. The topological polar surface area (TPSA) is 48.1 Å². The number of ether oxygens (including phenoxy) is 1. The van der Waals surface area contributed by atoms with Crippen LogP contribution in [0.15, 0.2) is 42.6 Å². The van der Waals surface area contributed by atoms with Gasteiger partial charge < -0.3 is 10.5 Å². The average molecular weight is 263 g/mol. The van der Waals surface area contributed by atoms with Crippen LogP contribution in [0.25, 0.3) is 0 Å². The first-order chi connectivity index (χ1) is 8.74. The molecule has 0 aliphatic rings. The van der Waals surface area contributed by atoms with E-state index in [-0.39, 0.29) is 6.04 Å². The number of hydrogen-bond donors (Lipinski definition) is 1. The molecular weight excluding hydrogens is 248 g/mol. The Balaban J connectivity index is 2.40. The van der Waals surface area contributed by atoms with Crippen molar-refractivity contribution < 1.29 is 4.74 Å². The Labute approximate surface area is 112 Å². The zero-order valence-corrected chi connectivity index (χ0v) is 10.9. The first-order valence-corrected chi connectivity index (χ1v) is 6.19. The molecule has 1 heterocycles. The number of para-hydroxylation sites is 1. The Bertz CT molecular complexity index is 531. The second kappa shape index (κ2) is 5.85. The lowest BCUT2D eigenvalue weighted by Gasteiger charge is -2.16. The molecule has 0 saturated heterocycles. The molecule has 0 amide bonds. The first kappa shape index (κ1) is 12.9. The fraction of sp³-hybridized carbons (Fsp3) is 0.214. The van der Waals surface area contributed by atoms with Crippen molar-refractivity contribution >= 4 is 11.6 Å². The van der Waals surface area contributed by atoms with Crippen LogP contribution in [-0.2, 0) is 0 Å². The van der Waals surface area contributed by atoms with Gasteiger partial charge in [-0.1, -0.05) is 29.8 Å². The summed E-state index contributed by atoms with van der Waals surface area (Å²) in [4.78, 5) is 4.24. The summed E-state index contributed by atoms with van der Waals surface area (Å²) in [6, 6.07) is 10.9. The molecule has 0 radical (unpaired) electrons. The molecule has 0 bridgehead atoms. The minimum atomic E-state index is -0.388. The van der Waals surface area contributed by atoms with E-state index >= 15 is 0 Å². The van der Waals surface area contributed by atoms with Crippen molar-refractivity contribution in [3.8, 4) is 5.75 Å². The average Bonchev–Trinajstić information content (AvgIpc) is 2.40. The van der Waals surface area contributed by atoms with E-state index in [2.05, 4.69) is 4.98 Å². The molecule has 2 aromatic rings. The number of benzene rings is 1. The predicted octanol–water partition coefficient (Wildman–Crippen LogP) is 3.18. The Kier molecular flexibility index (Phi) is 4.18. The molecule has 18 heavy (non-hydrogen) atoms. The van der Waals surface area contributed by atoms with Gasteiger partial charge in [0.1, 0.15) is 5.75 Å². The summed E-state index contributed by atoms with van der Waals surface area (Å²) in [5.41, 5.74) is 7.77. The van der Waals surface area contributed by atoms with E-state index in [0.29, 0.717) is 17.3 Å². The summed E-state index contributed by atoms with van der Waals surface area (Å²) >= 11 is 6.12. The molecule has 1 aromatic heterocycles. The highest BCUT2D eigenvalue weighted by Crippen LogP contribution is 2.30. The molecule has 0 aliphatic carbocycles. The van der Waals surface area contributed by atoms with Gasteiger partial charge in [0.25, 0.3) is 0 Å². The van der Waals surface area contributed by atoms with Gasteiger partial charge >= 0.3 is 0 Å². The normalized spacial score (nSPS) is 12.2. The summed E-state index contributed by atoms with van der Waals surface area (Å²) in [7, 11) is 0. The Hall–Kier alpha value is -1.58. The third-order valence-electron chi connectivity index (χ3n) is 2.64. The number of rotatable bonds is 4. The van der Waals surface area contributed by atoms with E-state index in [0.717, 1.165) is 11.3 Å². The SMILES string of the molecule is CCOc1ccccc1C(N)c1ncccc1Cl. The van der Waals surface area contributed by atoms with Crippen LogP contribution in [0.2, 0.25) is 5.02 Å². The molecule has 4 heteroatoms. The molecule has 1 atom stereocenters. The van der Waals surface area contributed by atoms with Crippen molar-refractivity contribution in [1.29, 1.82) is 0 Å². The van der Waals surface area contributed by atoms with Crippen molar-refractivity contribution in [3.05, 3.63) is 58.9 Å². The molecule has 3 nitrogen and oxygen atoms in total. The van der Waals surface area contributed by atoms with Crippen molar-refractivity contribution in [1.82, 2.24) is 4.98 Å². The molecule has 0 saturated carbocycles. The minimum Gasteiger partial charge on any atom is -0.494 e. The quantitative estimate of drug-likeness (QED) is 0.921. The minimum absolute atomic E-state index is 0.388. The number of hydrogen-bond acceptors (Lipinski definition) is 3. The van der Waals surface area contributed by atoms with Gasteiger partial charge in [0.05, 0.1) is 23.4 Å². The maximum atomic E-state index is 6.22. The number of pyridine rings is 1. The molecular formula is C14H15ClN2O. The van der Waals surface area contributed by atoms with Crippen LogP contribution in [-0.4, -0.2) is 11.6 Å². The maximum Gasteiger partial charge on any atom is 0.124 e. The van der Waals surface area contributed by atoms with Crippen LogP contribution >= 0.6 is 11.6 Å². The summed E-state index contributed by atoms with van der Waals surface area (Å²) in [5, 5.41) is 0.566. The number of nitrogens with two attached hydrogens (primary N) is 1. The zero-order chi connectivity index (χ0) is 13.0. The molecule has 0 spiro atoms. The van der Waals surface area contributed by atoms with Gasteiger partial charge in [0, 0.05) is 11.8 Å². The van der Waals surface area contributed by atoms with E-state index in [1.807, 2.05) is 31.2 Å². The molecule has 1 unspecified atom stereocenters.